The van der Waals surface area contributed by atoms with Gasteiger partial charge < -0.3 is 10.2 Å². The Morgan fingerprint density at radius 3 is 2.77 bits per heavy atom. The molecular formula is C19H17N3O2S2. The molecule has 5 nitrogen and oxygen atoms in total. The van der Waals surface area contributed by atoms with Gasteiger partial charge >= 0.3 is 0 Å². The molecule has 1 aliphatic heterocycles. The minimum atomic E-state index is -0.424. The molecule has 0 spiro atoms. The first-order valence-corrected chi connectivity index (χ1v) is 10.0. The van der Waals surface area contributed by atoms with E-state index in [-0.39, 0.29) is 11.8 Å². The number of nitrogens with zero attached hydrogens (tertiary/aromatic N) is 2. The molecule has 0 saturated carbocycles. The minimum absolute atomic E-state index is 0.0630. The van der Waals surface area contributed by atoms with Gasteiger partial charge in [0.15, 0.2) is 0 Å². The van der Waals surface area contributed by atoms with Crippen molar-refractivity contribution in [2.45, 2.75) is 18.9 Å². The van der Waals surface area contributed by atoms with Crippen molar-refractivity contribution in [1.29, 1.82) is 0 Å². The van der Waals surface area contributed by atoms with Crippen molar-refractivity contribution in [3.63, 3.8) is 0 Å². The molecule has 0 aliphatic carbocycles. The van der Waals surface area contributed by atoms with Crippen molar-refractivity contribution in [3.8, 4) is 11.3 Å². The number of likely N-dealkylation sites (tertiary alicyclic amines) is 1. The Balaban J connectivity index is 1.46. The van der Waals surface area contributed by atoms with E-state index in [0.29, 0.717) is 22.8 Å². The summed E-state index contributed by atoms with van der Waals surface area (Å²) in [4.78, 5) is 27.7. The van der Waals surface area contributed by atoms with Crippen molar-refractivity contribution in [1.82, 2.24) is 9.27 Å². The monoisotopic (exact) mass is 383 g/mol. The number of hydrogen-bond acceptors (Lipinski definition) is 5. The fourth-order valence-electron chi connectivity index (χ4n) is 3.11. The number of carbonyl (C=O) groups excluding carboxylic acids is 2. The van der Waals surface area contributed by atoms with Crippen LogP contribution in [0.1, 0.15) is 22.5 Å². The van der Waals surface area contributed by atoms with Gasteiger partial charge in [0.1, 0.15) is 11.0 Å². The van der Waals surface area contributed by atoms with Crippen LogP contribution in [0.5, 0.6) is 0 Å². The smallest absolute Gasteiger partial charge is 0.264 e. The maximum absolute atomic E-state index is 12.7. The summed E-state index contributed by atoms with van der Waals surface area (Å²) in [7, 11) is 0. The van der Waals surface area contributed by atoms with Gasteiger partial charge in [-0.25, -0.2) is 0 Å². The highest BCUT2D eigenvalue weighted by Crippen LogP contribution is 2.27. The molecular weight excluding hydrogens is 366 g/mol. The topological polar surface area (TPSA) is 62.3 Å². The molecule has 4 rings (SSSR count). The van der Waals surface area contributed by atoms with E-state index in [9.17, 15) is 9.59 Å². The van der Waals surface area contributed by atoms with E-state index >= 15 is 0 Å². The first-order valence-electron chi connectivity index (χ1n) is 8.40. The van der Waals surface area contributed by atoms with Crippen LogP contribution in [0.3, 0.4) is 0 Å². The lowest BCUT2D eigenvalue weighted by atomic mass is 10.1. The van der Waals surface area contributed by atoms with Crippen LogP contribution in [-0.4, -0.2) is 33.7 Å². The van der Waals surface area contributed by atoms with E-state index in [4.69, 9.17) is 0 Å². The Labute approximate surface area is 159 Å². The van der Waals surface area contributed by atoms with Crippen molar-refractivity contribution in [3.05, 3.63) is 58.8 Å². The highest BCUT2D eigenvalue weighted by molar-refractivity contribution is 7.12. The van der Waals surface area contributed by atoms with Gasteiger partial charge in [0, 0.05) is 18.2 Å². The summed E-state index contributed by atoms with van der Waals surface area (Å²) in [6.07, 6.45) is 1.53. The van der Waals surface area contributed by atoms with Gasteiger partial charge in [0.25, 0.3) is 5.91 Å². The van der Waals surface area contributed by atoms with E-state index in [2.05, 4.69) is 9.69 Å². The number of aromatic nitrogens is 1. The first kappa shape index (κ1) is 16.9. The highest BCUT2D eigenvalue weighted by atomic mass is 32.1. The number of hydrogen-bond donors (Lipinski definition) is 1. The molecule has 7 heteroatoms. The minimum Gasteiger partial charge on any atom is -0.326 e. The average molecular weight is 383 g/mol. The molecule has 1 saturated heterocycles. The van der Waals surface area contributed by atoms with Crippen LogP contribution < -0.4 is 5.32 Å². The third-order valence-corrected chi connectivity index (χ3v) is 5.94. The fourth-order valence-corrected chi connectivity index (χ4v) is 4.45. The molecule has 132 valence electrons. The molecule has 1 aromatic carbocycles. The average Bonchev–Trinajstić information content (AvgIpc) is 3.42. The molecule has 2 aromatic heterocycles. The van der Waals surface area contributed by atoms with Crippen molar-refractivity contribution in [2.75, 3.05) is 11.9 Å². The van der Waals surface area contributed by atoms with Gasteiger partial charge in [-0.05, 0) is 35.8 Å². The molecule has 0 radical (unpaired) electrons. The summed E-state index contributed by atoms with van der Waals surface area (Å²) in [6, 6.07) is 14.9. The number of thiophene rings is 1. The Hall–Kier alpha value is -2.51. The zero-order valence-electron chi connectivity index (χ0n) is 13.9. The van der Waals surface area contributed by atoms with Crippen molar-refractivity contribution >= 4 is 39.7 Å². The van der Waals surface area contributed by atoms with Gasteiger partial charge in [0.05, 0.1) is 10.6 Å². The lowest BCUT2D eigenvalue weighted by Crippen LogP contribution is -2.42. The van der Waals surface area contributed by atoms with Crippen molar-refractivity contribution < 1.29 is 9.59 Å². The molecule has 3 heterocycles. The molecule has 1 fully saturated rings. The second kappa shape index (κ2) is 7.39. The number of rotatable bonds is 4. The lowest BCUT2D eigenvalue weighted by molar-refractivity contribution is -0.119. The van der Waals surface area contributed by atoms with Crippen molar-refractivity contribution in [2.24, 2.45) is 0 Å². The summed E-state index contributed by atoms with van der Waals surface area (Å²) >= 11 is 2.66. The summed E-state index contributed by atoms with van der Waals surface area (Å²) in [6.45, 7) is 0.618. The van der Waals surface area contributed by atoms with Crippen LogP contribution in [0, 0.1) is 0 Å². The number of amides is 2. The summed E-state index contributed by atoms with van der Waals surface area (Å²) in [5.41, 5.74) is 1.85. The van der Waals surface area contributed by atoms with Gasteiger partial charge in [-0.2, -0.15) is 4.37 Å². The largest absolute Gasteiger partial charge is 0.326 e. The van der Waals surface area contributed by atoms with E-state index in [0.717, 1.165) is 17.7 Å². The number of nitrogens with one attached hydrogen (secondary N) is 1. The second-order valence-electron chi connectivity index (χ2n) is 6.07. The predicted molar refractivity (Wildman–Crippen MR) is 105 cm³/mol. The van der Waals surface area contributed by atoms with Crippen LogP contribution >= 0.6 is 22.9 Å². The summed E-state index contributed by atoms with van der Waals surface area (Å²) < 4.78 is 4.41. The lowest BCUT2D eigenvalue weighted by Gasteiger charge is -2.23. The molecule has 0 bridgehead atoms. The van der Waals surface area contributed by atoms with Gasteiger partial charge in [0.2, 0.25) is 5.91 Å². The Kier molecular flexibility index (Phi) is 4.81. The highest BCUT2D eigenvalue weighted by Gasteiger charge is 2.35. The van der Waals surface area contributed by atoms with Gasteiger partial charge in [-0.1, -0.05) is 36.4 Å². The molecule has 1 N–H and O–H groups in total. The standard InChI is InChI=1S/C19H17N3O2S2/c23-18(15-8-4-10-22(15)19(24)16-9-5-11-25-16)20-17-12-14(21-26-17)13-6-2-1-3-7-13/h1-3,5-7,9,11-12,15H,4,8,10H2,(H,20,23)/t15-/m0/s1. The normalized spacial score (nSPS) is 16.6. The SMILES string of the molecule is O=C(Nc1cc(-c2ccccc2)ns1)[C@@H]1CCCN1C(=O)c1cccs1. The maximum atomic E-state index is 12.7. The Bertz CT molecular complexity index is 906. The van der Waals surface area contributed by atoms with E-state index in [1.54, 1.807) is 11.0 Å². The van der Waals surface area contributed by atoms with E-state index < -0.39 is 6.04 Å². The van der Waals surface area contributed by atoms with Crippen LogP contribution in [0.15, 0.2) is 53.9 Å². The molecule has 1 aliphatic rings. The van der Waals surface area contributed by atoms with Crippen LogP contribution in [0.4, 0.5) is 5.00 Å². The molecule has 0 unspecified atom stereocenters. The molecule has 26 heavy (non-hydrogen) atoms. The van der Waals surface area contributed by atoms with E-state index in [1.807, 2.05) is 47.8 Å². The molecule has 1 atom stereocenters. The number of anilines is 1. The Morgan fingerprint density at radius 2 is 2.00 bits per heavy atom. The third kappa shape index (κ3) is 3.40. The zero-order chi connectivity index (χ0) is 17.9. The zero-order valence-corrected chi connectivity index (χ0v) is 15.6. The second-order valence-corrected chi connectivity index (χ2v) is 7.82. The van der Waals surface area contributed by atoms with Gasteiger partial charge in [-0.3, -0.25) is 9.59 Å². The fraction of sp³-hybridized carbons (Fsp3) is 0.211. The maximum Gasteiger partial charge on any atom is 0.264 e. The summed E-state index contributed by atoms with van der Waals surface area (Å²) in [5.74, 6) is -0.206. The quantitative estimate of drug-likeness (QED) is 0.737. The predicted octanol–water partition coefficient (Wildman–Crippen LogP) is 4.11. The van der Waals surface area contributed by atoms with Crippen LogP contribution in [-0.2, 0) is 4.79 Å². The van der Waals surface area contributed by atoms with Gasteiger partial charge in [-0.15, -0.1) is 11.3 Å². The van der Waals surface area contributed by atoms with Crippen LogP contribution in [0.25, 0.3) is 11.3 Å². The molecule has 3 aromatic rings. The number of benzene rings is 1. The number of carbonyl (C=O) groups is 2. The van der Waals surface area contributed by atoms with E-state index in [1.165, 1.54) is 22.9 Å². The van der Waals surface area contributed by atoms with Crippen LogP contribution in [0.2, 0.25) is 0 Å². The molecule has 2 amide bonds. The summed E-state index contributed by atoms with van der Waals surface area (Å²) in [5, 5.41) is 5.50. The first-order chi connectivity index (χ1) is 12.7. The Morgan fingerprint density at radius 1 is 1.15 bits per heavy atom. The third-order valence-electron chi connectivity index (χ3n) is 4.37.